The molecule has 3 aromatic rings. The molecule has 1 aliphatic carbocycles. The van der Waals surface area contributed by atoms with Crippen molar-refractivity contribution < 1.29 is 33.0 Å². The van der Waals surface area contributed by atoms with Gasteiger partial charge in [-0.25, -0.2) is 14.8 Å². The van der Waals surface area contributed by atoms with Crippen molar-refractivity contribution in [2.24, 2.45) is 5.92 Å². The number of thiazole rings is 1. The van der Waals surface area contributed by atoms with Gasteiger partial charge in [0.25, 0.3) is 0 Å². The second kappa shape index (κ2) is 10.2. The molecule has 5 rings (SSSR count). The minimum Gasteiger partial charge on any atom is -0.450 e. The number of hydrogen-bond donors (Lipinski definition) is 2. The first-order valence-corrected chi connectivity index (χ1v) is 12.1. The molecule has 0 unspecified atom stereocenters. The van der Waals surface area contributed by atoms with Crippen molar-refractivity contribution in [1.82, 2.24) is 19.4 Å². The van der Waals surface area contributed by atoms with Crippen molar-refractivity contribution in [2.45, 2.75) is 57.8 Å². The Morgan fingerprint density at radius 1 is 1.20 bits per heavy atom. The quantitative estimate of drug-likeness (QED) is 0.469. The van der Waals surface area contributed by atoms with E-state index in [9.17, 15) is 18.0 Å². The molecule has 2 N–H and O–H groups in total. The maximum absolute atomic E-state index is 13.0. The Balaban J connectivity index is 0.000000672. The highest BCUT2D eigenvalue weighted by molar-refractivity contribution is 7.11. The third kappa shape index (κ3) is 6.11. The molecule has 0 spiro atoms. The molecular formula is C23H25F3N4O4S. The van der Waals surface area contributed by atoms with Gasteiger partial charge in [0.2, 0.25) is 5.91 Å². The number of carbonyl (C=O) groups excluding carboxylic acids is 1. The van der Waals surface area contributed by atoms with Crippen LogP contribution in [0.5, 0.6) is 0 Å². The van der Waals surface area contributed by atoms with Crippen molar-refractivity contribution in [3.63, 3.8) is 0 Å². The Hall–Kier alpha value is -3.15. The van der Waals surface area contributed by atoms with E-state index >= 15 is 0 Å². The number of carboxylic acid groups (broad SMARTS) is 2. The van der Waals surface area contributed by atoms with Crippen LogP contribution in [0.4, 0.5) is 18.0 Å². The normalized spacial score (nSPS) is 15.5. The third-order valence-electron chi connectivity index (χ3n) is 6.18. The zero-order valence-electron chi connectivity index (χ0n) is 18.8. The van der Waals surface area contributed by atoms with E-state index in [1.807, 2.05) is 21.6 Å². The summed E-state index contributed by atoms with van der Waals surface area (Å²) in [6, 6.07) is 3.87. The number of hydrogen-bond acceptors (Lipinski definition) is 5. The van der Waals surface area contributed by atoms with Crippen LogP contribution in [0.1, 0.15) is 53.2 Å². The lowest BCUT2D eigenvalue weighted by atomic mass is 10.0. The van der Waals surface area contributed by atoms with Gasteiger partial charge in [0.15, 0.2) is 5.01 Å². The molecule has 1 fully saturated rings. The maximum atomic E-state index is 13.0. The smallest absolute Gasteiger partial charge is 0.450 e. The molecule has 0 radical (unpaired) electrons. The summed E-state index contributed by atoms with van der Waals surface area (Å²) in [6.45, 7) is 1.40. The minimum atomic E-state index is -4.44. The third-order valence-corrected chi connectivity index (χ3v) is 7.20. The summed E-state index contributed by atoms with van der Waals surface area (Å²) < 4.78 is 40.9. The highest BCUT2D eigenvalue weighted by atomic mass is 32.1. The summed E-state index contributed by atoms with van der Waals surface area (Å²) in [5.41, 5.74) is 2.86. The summed E-state index contributed by atoms with van der Waals surface area (Å²) in [7, 11) is 0. The van der Waals surface area contributed by atoms with Gasteiger partial charge in [-0.3, -0.25) is 4.79 Å². The van der Waals surface area contributed by atoms with Gasteiger partial charge in [-0.05, 0) is 42.9 Å². The van der Waals surface area contributed by atoms with Crippen LogP contribution in [0.2, 0.25) is 0 Å². The van der Waals surface area contributed by atoms with E-state index in [0.29, 0.717) is 35.7 Å². The van der Waals surface area contributed by atoms with E-state index in [-0.39, 0.29) is 12.5 Å². The molecule has 1 saturated carbocycles. The molecule has 0 bridgehead atoms. The number of halogens is 3. The van der Waals surface area contributed by atoms with Crippen molar-refractivity contribution in [3.05, 3.63) is 45.7 Å². The molecule has 4 heterocycles. The number of nitrogens with zero attached hydrogens (tertiary/aromatic N) is 4. The van der Waals surface area contributed by atoms with E-state index in [2.05, 4.69) is 9.97 Å². The van der Waals surface area contributed by atoms with Crippen LogP contribution in [0.25, 0.3) is 11.0 Å². The Morgan fingerprint density at radius 3 is 2.60 bits per heavy atom. The van der Waals surface area contributed by atoms with Crippen molar-refractivity contribution in [2.75, 3.05) is 6.54 Å². The fourth-order valence-corrected chi connectivity index (χ4v) is 5.19. The van der Waals surface area contributed by atoms with Crippen LogP contribution in [0.3, 0.4) is 0 Å². The number of rotatable bonds is 6. The monoisotopic (exact) mass is 510 g/mol. The Labute approximate surface area is 203 Å². The molecule has 1 aliphatic heterocycles. The lowest BCUT2D eigenvalue weighted by molar-refractivity contribution is -0.137. The van der Waals surface area contributed by atoms with Crippen LogP contribution in [-0.4, -0.2) is 48.3 Å². The second-order valence-corrected chi connectivity index (χ2v) is 9.81. The van der Waals surface area contributed by atoms with Gasteiger partial charge in [0, 0.05) is 41.3 Å². The first kappa shape index (κ1) is 25.0. The lowest BCUT2D eigenvalue weighted by Crippen LogP contribution is -2.36. The standard InChI is InChI=1S/C22H23F3N4OS.CH2O3/c23-22(24,25)21-27-11-15(31-21)12-29-18-13-28(19(30)5-1-3-14-6-7-14)10-8-16(18)17-4-2-9-26-20(17)29;2-1(3)4/h2,4,9,11,14H,1,3,5-8,10,12-13H2;(H2,2,3,4). The largest absolute Gasteiger partial charge is 0.503 e. The van der Waals surface area contributed by atoms with Crippen molar-refractivity contribution in [3.8, 4) is 0 Å². The Kier molecular flexibility index (Phi) is 7.29. The molecule has 8 nitrogen and oxygen atoms in total. The molecule has 35 heavy (non-hydrogen) atoms. The molecule has 1 amide bonds. The van der Waals surface area contributed by atoms with E-state index in [1.54, 1.807) is 6.20 Å². The predicted molar refractivity (Wildman–Crippen MR) is 122 cm³/mol. The number of fused-ring (bicyclic) bond motifs is 3. The molecule has 12 heteroatoms. The van der Waals surface area contributed by atoms with E-state index < -0.39 is 17.3 Å². The topological polar surface area (TPSA) is 109 Å². The first-order valence-electron chi connectivity index (χ1n) is 11.3. The van der Waals surface area contributed by atoms with Gasteiger partial charge >= 0.3 is 12.3 Å². The predicted octanol–water partition coefficient (Wildman–Crippen LogP) is 5.25. The summed E-state index contributed by atoms with van der Waals surface area (Å²) in [6.07, 6.45) is 2.65. The Morgan fingerprint density at radius 2 is 1.94 bits per heavy atom. The number of alkyl halides is 3. The summed E-state index contributed by atoms with van der Waals surface area (Å²) in [5, 5.41) is 14.1. The average molecular weight is 511 g/mol. The SMILES string of the molecule is O=C(CCCC1CC1)N1CCc2c(n(Cc3cnc(C(F)(F)F)s3)c3ncccc23)C1.O=C(O)O. The van der Waals surface area contributed by atoms with Crippen LogP contribution >= 0.6 is 11.3 Å². The molecule has 0 aromatic carbocycles. The first-order chi connectivity index (χ1) is 16.6. The number of amides is 1. The molecule has 188 valence electrons. The molecular weight excluding hydrogens is 485 g/mol. The maximum Gasteiger partial charge on any atom is 0.503 e. The summed E-state index contributed by atoms with van der Waals surface area (Å²) in [4.78, 5) is 31.8. The number of aromatic nitrogens is 3. The van der Waals surface area contributed by atoms with Crippen LogP contribution in [0.15, 0.2) is 24.5 Å². The average Bonchev–Trinajstić information content (AvgIpc) is 3.40. The molecule has 3 aromatic heterocycles. The Bertz CT molecular complexity index is 1220. The lowest BCUT2D eigenvalue weighted by Gasteiger charge is -2.28. The summed E-state index contributed by atoms with van der Waals surface area (Å²) in [5.74, 6) is 0.976. The van der Waals surface area contributed by atoms with Crippen LogP contribution in [0, 0.1) is 5.92 Å². The van der Waals surface area contributed by atoms with Crippen LogP contribution in [-0.2, 0) is 30.5 Å². The number of pyridine rings is 1. The van der Waals surface area contributed by atoms with Crippen molar-refractivity contribution >= 4 is 34.4 Å². The van der Waals surface area contributed by atoms with E-state index in [4.69, 9.17) is 15.0 Å². The van der Waals surface area contributed by atoms with E-state index in [1.165, 1.54) is 19.0 Å². The van der Waals surface area contributed by atoms with Gasteiger partial charge in [-0.1, -0.05) is 12.8 Å². The second-order valence-electron chi connectivity index (χ2n) is 8.70. The highest BCUT2D eigenvalue weighted by Gasteiger charge is 2.35. The molecule has 0 atom stereocenters. The number of carbonyl (C=O) groups is 2. The van der Waals surface area contributed by atoms with Gasteiger partial charge in [0.1, 0.15) is 5.65 Å². The zero-order valence-corrected chi connectivity index (χ0v) is 19.6. The van der Waals surface area contributed by atoms with Gasteiger partial charge < -0.3 is 19.7 Å². The summed E-state index contributed by atoms with van der Waals surface area (Å²) >= 11 is 0.659. The van der Waals surface area contributed by atoms with Gasteiger partial charge in [-0.2, -0.15) is 13.2 Å². The van der Waals surface area contributed by atoms with Crippen LogP contribution < -0.4 is 0 Å². The fraction of sp³-hybridized carbons (Fsp3) is 0.478. The van der Waals surface area contributed by atoms with E-state index in [0.717, 1.165) is 47.5 Å². The molecule has 0 saturated heterocycles. The zero-order chi connectivity index (χ0) is 25.2. The minimum absolute atomic E-state index is 0.160. The fourth-order valence-electron chi connectivity index (χ4n) is 4.42. The van der Waals surface area contributed by atoms with Gasteiger partial charge in [-0.15, -0.1) is 11.3 Å². The van der Waals surface area contributed by atoms with Gasteiger partial charge in [0.05, 0.1) is 13.1 Å². The highest BCUT2D eigenvalue weighted by Crippen LogP contribution is 2.36. The molecule has 2 aliphatic rings. The van der Waals surface area contributed by atoms with Crippen molar-refractivity contribution in [1.29, 1.82) is 0 Å².